The lowest BCUT2D eigenvalue weighted by atomic mass is 10.2. The standard InChI is InChI=1S/C11H14FN3/c1-8-10-4-3-9(12)7-11(10)14-15(8)6-2-5-13/h3-4,7H,2,5-6,13H2,1H3. The predicted molar refractivity (Wildman–Crippen MR) is 58.1 cm³/mol. The van der Waals surface area contributed by atoms with Crippen LogP contribution in [0.2, 0.25) is 0 Å². The van der Waals surface area contributed by atoms with E-state index in [0.29, 0.717) is 12.1 Å². The number of hydrogen-bond donors (Lipinski definition) is 1. The number of aromatic nitrogens is 2. The Morgan fingerprint density at radius 2 is 2.27 bits per heavy atom. The van der Waals surface area contributed by atoms with Crippen molar-refractivity contribution in [2.45, 2.75) is 19.9 Å². The summed E-state index contributed by atoms with van der Waals surface area (Å²) in [7, 11) is 0. The number of fused-ring (bicyclic) bond motifs is 1. The number of nitrogens with zero attached hydrogens (tertiary/aromatic N) is 2. The molecule has 0 saturated carbocycles. The van der Waals surface area contributed by atoms with E-state index in [4.69, 9.17) is 5.73 Å². The summed E-state index contributed by atoms with van der Waals surface area (Å²) in [5.41, 5.74) is 7.22. The normalized spacial score (nSPS) is 11.1. The van der Waals surface area contributed by atoms with E-state index in [1.807, 2.05) is 11.6 Å². The molecule has 1 aromatic carbocycles. The minimum absolute atomic E-state index is 0.244. The number of rotatable bonds is 3. The average Bonchev–Trinajstić information content (AvgIpc) is 2.52. The zero-order valence-electron chi connectivity index (χ0n) is 8.70. The van der Waals surface area contributed by atoms with Crippen molar-refractivity contribution in [1.29, 1.82) is 0 Å². The summed E-state index contributed by atoms with van der Waals surface area (Å²) in [4.78, 5) is 0. The largest absolute Gasteiger partial charge is 0.330 e. The fourth-order valence-electron chi connectivity index (χ4n) is 1.70. The highest BCUT2D eigenvalue weighted by atomic mass is 19.1. The molecule has 2 aromatic rings. The molecule has 0 atom stereocenters. The third-order valence-electron chi connectivity index (χ3n) is 2.54. The molecule has 0 aliphatic rings. The summed E-state index contributed by atoms with van der Waals surface area (Å²) in [6, 6.07) is 4.69. The van der Waals surface area contributed by atoms with Crippen LogP contribution < -0.4 is 5.73 Å². The van der Waals surface area contributed by atoms with Crippen LogP contribution in [0.1, 0.15) is 12.1 Å². The lowest BCUT2D eigenvalue weighted by Crippen LogP contribution is -2.07. The summed E-state index contributed by atoms with van der Waals surface area (Å²) in [5.74, 6) is -0.244. The van der Waals surface area contributed by atoms with Gasteiger partial charge in [0.25, 0.3) is 0 Å². The molecule has 0 radical (unpaired) electrons. The van der Waals surface area contributed by atoms with Crippen molar-refractivity contribution in [3.8, 4) is 0 Å². The molecule has 2 N–H and O–H groups in total. The Kier molecular flexibility index (Phi) is 2.68. The van der Waals surface area contributed by atoms with Gasteiger partial charge in [0.1, 0.15) is 5.82 Å². The summed E-state index contributed by atoms with van der Waals surface area (Å²) in [6.07, 6.45) is 0.886. The zero-order valence-corrected chi connectivity index (χ0v) is 8.70. The van der Waals surface area contributed by atoms with E-state index in [-0.39, 0.29) is 5.82 Å². The second kappa shape index (κ2) is 3.98. The quantitative estimate of drug-likeness (QED) is 0.834. The van der Waals surface area contributed by atoms with Gasteiger partial charge in [0.15, 0.2) is 0 Å². The van der Waals surface area contributed by atoms with Crippen LogP contribution in [0.4, 0.5) is 4.39 Å². The first-order chi connectivity index (χ1) is 7.22. The van der Waals surface area contributed by atoms with Crippen LogP contribution in [0.15, 0.2) is 18.2 Å². The summed E-state index contributed by atoms with van der Waals surface area (Å²) < 4.78 is 14.8. The molecule has 0 aliphatic heterocycles. The van der Waals surface area contributed by atoms with E-state index in [1.165, 1.54) is 12.1 Å². The van der Waals surface area contributed by atoms with Gasteiger partial charge in [-0.2, -0.15) is 5.10 Å². The molecule has 0 bridgehead atoms. The van der Waals surface area contributed by atoms with Gasteiger partial charge in [0, 0.05) is 23.7 Å². The molecule has 0 spiro atoms. The van der Waals surface area contributed by atoms with Gasteiger partial charge in [0.2, 0.25) is 0 Å². The Labute approximate surface area is 87.7 Å². The van der Waals surface area contributed by atoms with Gasteiger partial charge in [0.05, 0.1) is 5.52 Å². The van der Waals surface area contributed by atoms with Crippen molar-refractivity contribution in [2.24, 2.45) is 5.73 Å². The SMILES string of the molecule is Cc1c2ccc(F)cc2nn1CCCN. The third kappa shape index (κ3) is 1.85. The molecular weight excluding hydrogens is 193 g/mol. The lowest BCUT2D eigenvalue weighted by Gasteiger charge is -2.01. The van der Waals surface area contributed by atoms with Crippen molar-refractivity contribution in [2.75, 3.05) is 6.54 Å². The summed E-state index contributed by atoms with van der Waals surface area (Å²) in [6.45, 7) is 3.42. The average molecular weight is 207 g/mol. The highest BCUT2D eigenvalue weighted by Crippen LogP contribution is 2.18. The van der Waals surface area contributed by atoms with Crippen LogP contribution in [0.5, 0.6) is 0 Å². The monoisotopic (exact) mass is 207 g/mol. The number of benzene rings is 1. The Balaban J connectivity index is 2.44. The lowest BCUT2D eigenvalue weighted by molar-refractivity contribution is 0.576. The Morgan fingerprint density at radius 1 is 1.47 bits per heavy atom. The molecule has 0 amide bonds. The molecule has 1 aromatic heterocycles. The molecule has 4 heteroatoms. The fourth-order valence-corrected chi connectivity index (χ4v) is 1.70. The first-order valence-corrected chi connectivity index (χ1v) is 5.05. The van der Waals surface area contributed by atoms with Gasteiger partial charge in [-0.1, -0.05) is 0 Å². The highest BCUT2D eigenvalue weighted by Gasteiger charge is 2.07. The zero-order chi connectivity index (χ0) is 10.8. The Hall–Kier alpha value is -1.42. The van der Waals surface area contributed by atoms with E-state index < -0.39 is 0 Å². The smallest absolute Gasteiger partial charge is 0.125 e. The number of nitrogens with two attached hydrogens (primary N) is 1. The van der Waals surface area contributed by atoms with Crippen molar-refractivity contribution in [3.63, 3.8) is 0 Å². The Morgan fingerprint density at radius 3 is 3.00 bits per heavy atom. The van der Waals surface area contributed by atoms with Crippen LogP contribution in [0, 0.1) is 12.7 Å². The third-order valence-corrected chi connectivity index (χ3v) is 2.54. The van der Waals surface area contributed by atoms with E-state index >= 15 is 0 Å². The van der Waals surface area contributed by atoms with Crippen molar-refractivity contribution < 1.29 is 4.39 Å². The Bertz CT molecular complexity index is 476. The molecular formula is C11H14FN3. The van der Waals surface area contributed by atoms with Crippen LogP contribution >= 0.6 is 0 Å². The van der Waals surface area contributed by atoms with Gasteiger partial charge in [-0.15, -0.1) is 0 Å². The maximum absolute atomic E-state index is 13.0. The van der Waals surface area contributed by atoms with Crippen LogP contribution in [0.25, 0.3) is 10.9 Å². The van der Waals surface area contributed by atoms with Gasteiger partial charge in [-0.05, 0) is 32.0 Å². The van der Waals surface area contributed by atoms with Crippen molar-refractivity contribution >= 4 is 10.9 Å². The molecule has 2 rings (SSSR count). The van der Waals surface area contributed by atoms with Gasteiger partial charge < -0.3 is 5.73 Å². The van der Waals surface area contributed by atoms with Crippen LogP contribution in [-0.4, -0.2) is 16.3 Å². The van der Waals surface area contributed by atoms with E-state index in [2.05, 4.69) is 5.10 Å². The van der Waals surface area contributed by atoms with Gasteiger partial charge >= 0.3 is 0 Å². The number of hydrogen-bond acceptors (Lipinski definition) is 2. The predicted octanol–water partition coefficient (Wildman–Crippen LogP) is 1.83. The second-order valence-corrected chi connectivity index (χ2v) is 3.61. The maximum atomic E-state index is 13.0. The molecule has 0 unspecified atom stereocenters. The molecule has 1 heterocycles. The summed E-state index contributed by atoms with van der Waals surface area (Å²) in [5, 5.41) is 5.34. The van der Waals surface area contributed by atoms with Crippen LogP contribution in [0.3, 0.4) is 0 Å². The molecule has 0 fully saturated rings. The van der Waals surface area contributed by atoms with E-state index in [1.54, 1.807) is 6.07 Å². The highest BCUT2D eigenvalue weighted by molar-refractivity contribution is 5.81. The first kappa shape index (κ1) is 10.1. The maximum Gasteiger partial charge on any atom is 0.125 e. The van der Waals surface area contributed by atoms with Gasteiger partial charge in [-0.25, -0.2) is 4.39 Å². The first-order valence-electron chi connectivity index (χ1n) is 5.05. The minimum atomic E-state index is -0.244. The molecule has 0 aliphatic carbocycles. The topological polar surface area (TPSA) is 43.8 Å². The fraction of sp³-hybridized carbons (Fsp3) is 0.364. The second-order valence-electron chi connectivity index (χ2n) is 3.61. The molecule has 80 valence electrons. The van der Waals surface area contributed by atoms with E-state index in [0.717, 1.165) is 24.0 Å². The van der Waals surface area contributed by atoms with Crippen molar-refractivity contribution in [3.05, 3.63) is 29.7 Å². The van der Waals surface area contributed by atoms with E-state index in [9.17, 15) is 4.39 Å². The number of aryl methyl sites for hydroxylation is 2. The molecule has 15 heavy (non-hydrogen) atoms. The molecule has 3 nitrogen and oxygen atoms in total. The summed E-state index contributed by atoms with van der Waals surface area (Å²) >= 11 is 0. The minimum Gasteiger partial charge on any atom is -0.330 e. The number of halogens is 1. The van der Waals surface area contributed by atoms with Crippen LogP contribution in [-0.2, 0) is 6.54 Å². The van der Waals surface area contributed by atoms with Gasteiger partial charge in [-0.3, -0.25) is 4.68 Å². The van der Waals surface area contributed by atoms with Crippen molar-refractivity contribution in [1.82, 2.24) is 9.78 Å². The molecule has 0 saturated heterocycles.